The second-order valence-corrected chi connectivity index (χ2v) is 8.48. The summed E-state index contributed by atoms with van der Waals surface area (Å²) >= 11 is 0. The van der Waals surface area contributed by atoms with Gasteiger partial charge in [-0.05, 0) is 43.0 Å². The molecular weight excluding hydrogens is 454 g/mol. The van der Waals surface area contributed by atoms with Gasteiger partial charge in [0.1, 0.15) is 11.9 Å². The number of anilines is 2. The Morgan fingerprint density at radius 2 is 1.91 bits per heavy atom. The SMILES string of the molecule is Nc1cccnn1.O=CN(O)C[C@@H](CC1CCCC1)C(=O)N1NCC[C@H]1C(=O)Nc1cccnn1. The molecule has 0 aromatic carbocycles. The molecule has 2 aromatic rings. The number of hydrogen-bond donors (Lipinski definition) is 4. The molecule has 4 rings (SSSR count). The van der Waals surface area contributed by atoms with Gasteiger partial charge in [0.2, 0.25) is 18.2 Å². The first-order valence-electron chi connectivity index (χ1n) is 11.6. The molecule has 1 saturated carbocycles. The van der Waals surface area contributed by atoms with Gasteiger partial charge in [0, 0.05) is 18.9 Å². The zero-order valence-corrected chi connectivity index (χ0v) is 19.4. The van der Waals surface area contributed by atoms with E-state index in [1.54, 1.807) is 30.5 Å². The van der Waals surface area contributed by atoms with Crippen LogP contribution >= 0.6 is 0 Å². The number of carbonyl (C=O) groups excluding carboxylic acids is 3. The van der Waals surface area contributed by atoms with Gasteiger partial charge in [-0.1, -0.05) is 25.7 Å². The average Bonchev–Trinajstić information content (AvgIpc) is 3.57. The monoisotopic (exact) mass is 485 g/mol. The first-order chi connectivity index (χ1) is 17.0. The van der Waals surface area contributed by atoms with Crippen molar-refractivity contribution in [3.8, 4) is 0 Å². The summed E-state index contributed by atoms with van der Waals surface area (Å²) in [6.07, 6.45) is 8.77. The fourth-order valence-electron chi connectivity index (χ4n) is 4.30. The van der Waals surface area contributed by atoms with Gasteiger partial charge >= 0.3 is 0 Å². The highest BCUT2D eigenvalue weighted by Crippen LogP contribution is 2.31. The van der Waals surface area contributed by atoms with Crippen LogP contribution in [0.3, 0.4) is 0 Å². The summed E-state index contributed by atoms with van der Waals surface area (Å²) in [5.41, 5.74) is 8.15. The molecule has 1 aliphatic carbocycles. The summed E-state index contributed by atoms with van der Waals surface area (Å²) in [5.74, 6) is -0.0437. The fourth-order valence-corrected chi connectivity index (χ4v) is 4.30. The maximum atomic E-state index is 13.2. The Labute approximate surface area is 203 Å². The number of rotatable bonds is 8. The van der Waals surface area contributed by atoms with Crippen LogP contribution in [0.25, 0.3) is 0 Å². The third-order valence-electron chi connectivity index (χ3n) is 5.94. The quantitative estimate of drug-likeness (QED) is 0.235. The minimum atomic E-state index is -0.691. The number of hydrazine groups is 1. The minimum absolute atomic E-state index is 0.0878. The van der Waals surface area contributed by atoms with Gasteiger partial charge in [-0.2, -0.15) is 10.2 Å². The van der Waals surface area contributed by atoms with Crippen LogP contribution < -0.4 is 16.5 Å². The molecule has 0 spiro atoms. The van der Waals surface area contributed by atoms with E-state index in [0.717, 1.165) is 25.7 Å². The van der Waals surface area contributed by atoms with Gasteiger partial charge in [0.15, 0.2) is 5.82 Å². The van der Waals surface area contributed by atoms with Crippen molar-refractivity contribution >= 4 is 29.9 Å². The topological polar surface area (TPSA) is 180 Å². The van der Waals surface area contributed by atoms with Crippen molar-refractivity contribution in [2.45, 2.75) is 44.6 Å². The highest BCUT2D eigenvalue weighted by atomic mass is 16.5. The van der Waals surface area contributed by atoms with Crippen molar-refractivity contribution in [2.75, 3.05) is 24.1 Å². The molecule has 0 bridgehead atoms. The van der Waals surface area contributed by atoms with Crippen LogP contribution in [0.15, 0.2) is 36.7 Å². The van der Waals surface area contributed by atoms with Crippen molar-refractivity contribution in [1.82, 2.24) is 35.9 Å². The second kappa shape index (κ2) is 13.2. The molecule has 5 N–H and O–H groups in total. The van der Waals surface area contributed by atoms with Gasteiger partial charge in [0.05, 0.1) is 12.5 Å². The van der Waals surface area contributed by atoms with Crippen molar-refractivity contribution in [3.05, 3.63) is 36.7 Å². The van der Waals surface area contributed by atoms with Crippen molar-refractivity contribution in [2.24, 2.45) is 11.8 Å². The van der Waals surface area contributed by atoms with Gasteiger partial charge < -0.3 is 11.1 Å². The van der Waals surface area contributed by atoms with E-state index in [0.29, 0.717) is 48.4 Å². The Morgan fingerprint density at radius 3 is 2.49 bits per heavy atom. The number of nitrogens with zero attached hydrogens (tertiary/aromatic N) is 6. The Hall–Kier alpha value is -3.71. The lowest BCUT2D eigenvalue weighted by Crippen LogP contribution is -2.51. The molecule has 188 valence electrons. The fraction of sp³-hybridized carbons (Fsp3) is 0.500. The third kappa shape index (κ3) is 7.93. The molecule has 2 atom stereocenters. The minimum Gasteiger partial charge on any atom is -0.382 e. The van der Waals surface area contributed by atoms with E-state index in [9.17, 15) is 19.6 Å². The van der Waals surface area contributed by atoms with Gasteiger partial charge in [0.25, 0.3) is 0 Å². The molecule has 35 heavy (non-hydrogen) atoms. The number of nitrogens with one attached hydrogen (secondary N) is 2. The lowest BCUT2D eigenvalue weighted by Gasteiger charge is -2.29. The largest absolute Gasteiger partial charge is 0.382 e. The number of nitrogens with two attached hydrogens (primary N) is 1. The van der Waals surface area contributed by atoms with Crippen LogP contribution in [-0.4, -0.2) is 73.0 Å². The van der Waals surface area contributed by atoms with E-state index in [1.165, 1.54) is 11.2 Å². The van der Waals surface area contributed by atoms with Crippen LogP contribution in [0, 0.1) is 11.8 Å². The molecule has 0 radical (unpaired) electrons. The van der Waals surface area contributed by atoms with E-state index in [-0.39, 0.29) is 18.4 Å². The van der Waals surface area contributed by atoms with Crippen LogP contribution in [0.2, 0.25) is 0 Å². The Bertz CT molecular complexity index is 944. The lowest BCUT2D eigenvalue weighted by molar-refractivity contribution is -0.159. The Morgan fingerprint density at radius 1 is 1.20 bits per heavy atom. The van der Waals surface area contributed by atoms with Gasteiger partial charge in [-0.3, -0.25) is 24.6 Å². The molecule has 3 heterocycles. The number of amides is 3. The zero-order chi connectivity index (χ0) is 25.0. The van der Waals surface area contributed by atoms with Crippen LogP contribution in [0.5, 0.6) is 0 Å². The maximum Gasteiger partial charge on any atom is 0.250 e. The predicted octanol–water partition coefficient (Wildman–Crippen LogP) is 0.624. The number of hydroxylamine groups is 2. The number of carbonyl (C=O) groups is 3. The number of aromatic nitrogens is 4. The summed E-state index contributed by atoms with van der Waals surface area (Å²) < 4.78 is 0. The summed E-state index contributed by atoms with van der Waals surface area (Å²) in [7, 11) is 0. The maximum absolute atomic E-state index is 13.2. The van der Waals surface area contributed by atoms with Crippen LogP contribution in [-0.2, 0) is 14.4 Å². The number of hydrogen-bond acceptors (Lipinski definition) is 10. The standard InChI is InChI=1S/C18H26N6O4.C4H5N3/c25-12-23(28)11-14(10-13-4-1-2-5-13)18(27)24-15(7-9-20-24)17(26)21-16-6-3-8-19-22-16;5-4-2-1-3-6-7-4/h3,6,8,12-15,20,28H,1-2,4-5,7,9-11H2,(H,21,22,26);1-3H,(H2,5,7)/t14-,15+;/m1./s1. The summed E-state index contributed by atoms with van der Waals surface area (Å²) in [5, 5.41) is 28.7. The highest BCUT2D eigenvalue weighted by molar-refractivity contribution is 5.97. The predicted molar refractivity (Wildman–Crippen MR) is 125 cm³/mol. The zero-order valence-electron chi connectivity index (χ0n) is 19.4. The van der Waals surface area contributed by atoms with Crippen LogP contribution in [0.1, 0.15) is 38.5 Å². The summed E-state index contributed by atoms with van der Waals surface area (Å²) in [6, 6.07) is 6.01. The second-order valence-electron chi connectivity index (χ2n) is 8.48. The molecule has 0 unspecified atom stereocenters. The molecule has 1 aliphatic heterocycles. The molecule has 2 aliphatic rings. The third-order valence-corrected chi connectivity index (χ3v) is 5.94. The molecular formula is C22H31N9O4. The van der Waals surface area contributed by atoms with E-state index >= 15 is 0 Å². The van der Waals surface area contributed by atoms with Crippen molar-refractivity contribution < 1.29 is 19.6 Å². The van der Waals surface area contributed by atoms with E-state index in [4.69, 9.17) is 5.73 Å². The highest BCUT2D eigenvalue weighted by Gasteiger charge is 2.39. The number of nitrogen functional groups attached to an aromatic ring is 1. The lowest BCUT2D eigenvalue weighted by atomic mass is 9.92. The summed E-state index contributed by atoms with van der Waals surface area (Å²) in [4.78, 5) is 36.7. The first kappa shape index (κ1) is 25.9. The van der Waals surface area contributed by atoms with Crippen LogP contribution in [0.4, 0.5) is 11.6 Å². The molecule has 13 heteroatoms. The Balaban J connectivity index is 0.000000420. The molecule has 3 amide bonds. The van der Waals surface area contributed by atoms with E-state index in [2.05, 4.69) is 31.1 Å². The molecule has 1 saturated heterocycles. The van der Waals surface area contributed by atoms with Gasteiger partial charge in [-0.25, -0.2) is 10.5 Å². The van der Waals surface area contributed by atoms with Crippen molar-refractivity contribution in [3.63, 3.8) is 0 Å². The molecule has 2 aromatic heterocycles. The normalized spacial score (nSPS) is 18.3. The molecule has 13 nitrogen and oxygen atoms in total. The summed E-state index contributed by atoms with van der Waals surface area (Å²) in [6.45, 7) is 0.395. The van der Waals surface area contributed by atoms with E-state index in [1.807, 2.05) is 0 Å². The molecule has 2 fully saturated rings. The Kier molecular flexibility index (Phi) is 9.80. The first-order valence-corrected chi connectivity index (χ1v) is 11.6. The average molecular weight is 486 g/mol. The van der Waals surface area contributed by atoms with E-state index < -0.39 is 12.0 Å². The van der Waals surface area contributed by atoms with Crippen molar-refractivity contribution in [1.29, 1.82) is 0 Å². The smallest absolute Gasteiger partial charge is 0.250 e. The van der Waals surface area contributed by atoms with Gasteiger partial charge in [-0.15, -0.1) is 10.2 Å².